The Labute approximate surface area is 113 Å². The average Bonchev–Trinajstić information content (AvgIpc) is 2.39. The lowest BCUT2D eigenvalue weighted by Gasteiger charge is -2.13. The van der Waals surface area contributed by atoms with Crippen molar-refractivity contribution < 1.29 is 4.79 Å². The van der Waals surface area contributed by atoms with Gasteiger partial charge in [-0.1, -0.05) is 6.07 Å². The zero-order valence-corrected chi connectivity index (χ0v) is 11.3. The molecular formula is C15H17N3O. The summed E-state index contributed by atoms with van der Waals surface area (Å²) < 4.78 is 0. The maximum absolute atomic E-state index is 12.2. The van der Waals surface area contributed by atoms with E-state index in [9.17, 15) is 4.79 Å². The Bertz CT molecular complexity index is 593. The molecule has 2 rings (SSSR count). The van der Waals surface area contributed by atoms with Gasteiger partial charge in [0.1, 0.15) is 0 Å². The van der Waals surface area contributed by atoms with Gasteiger partial charge in [0.15, 0.2) is 0 Å². The van der Waals surface area contributed by atoms with Crippen LogP contribution in [-0.4, -0.2) is 25.0 Å². The second kappa shape index (κ2) is 5.52. The number of aryl methyl sites for hydroxylation is 1. The van der Waals surface area contributed by atoms with E-state index in [4.69, 9.17) is 0 Å². The number of nitrogens with zero attached hydrogens (tertiary/aromatic N) is 2. The summed E-state index contributed by atoms with van der Waals surface area (Å²) in [6.45, 7) is 1.89. The van der Waals surface area contributed by atoms with Crippen LogP contribution in [0.5, 0.6) is 0 Å². The van der Waals surface area contributed by atoms with Gasteiger partial charge in [-0.05, 0) is 37.3 Å². The summed E-state index contributed by atoms with van der Waals surface area (Å²) in [5.74, 6) is -0.116. The molecule has 0 saturated carbocycles. The summed E-state index contributed by atoms with van der Waals surface area (Å²) in [6, 6.07) is 11.1. The molecule has 0 bridgehead atoms. The van der Waals surface area contributed by atoms with Crippen LogP contribution in [0.4, 0.5) is 11.4 Å². The topological polar surface area (TPSA) is 45.2 Å². The lowest BCUT2D eigenvalue weighted by Crippen LogP contribution is -2.14. The van der Waals surface area contributed by atoms with Crippen LogP contribution in [-0.2, 0) is 0 Å². The molecule has 0 atom stereocenters. The van der Waals surface area contributed by atoms with Crippen molar-refractivity contribution >= 4 is 17.3 Å². The monoisotopic (exact) mass is 255 g/mol. The van der Waals surface area contributed by atoms with Gasteiger partial charge < -0.3 is 10.2 Å². The van der Waals surface area contributed by atoms with Crippen molar-refractivity contribution in [3.8, 4) is 0 Å². The van der Waals surface area contributed by atoms with E-state index in [0.29, 0.717) is 5.56 Å². The first-order chi connectivity index (χ1) is 9.06. The molecule has 0 spiro atoms. The van der Waals surface area contributed by atoms with E-state index in [1.807, 2.05) is 50.2 Å². The standard InChI is InChI=1S/C15H17N3O/c1-11-9-13(7-8-16-11)17-15(19)12-5-4-6-14(10-12)18(2)3/h4-10H,1-3H3,(H,16,17,19). The van der Waals surface area contributed by atoms with E-state index < -0.39 is 0 Å². The highest BCUT2D eigenvalue weighted by atomic mass is 16.1. The Kier molecular flexibility index (Phi) is 3.80. The molecule has 1 aromatic carbocycles. The molecular weight excluding hydrogens is 238 g/mol. The van der Waals surface area contributed by atoms with E-state index in [-0.39, 0.29) is 5.91 Å². The van der Waals surface area contributed by atoms with Crippen molar-refractivity contribution in [1.82, 2.24) is 4.98 Å². The first-order valence-electron chi connectivity index (χ1n) is 6.07. The molecule has 0 aliphatic carbocycles. The second-order valence-corrected chi connectivity index (χ2v) is 4.58. The number of hydrogen-bond donors (Lipinski definition) is 1. The fourth-order valence-electron chi connectivity index (χ4n) is 1.75. The number of amides is 1. The maximum atomic E-state index is 12.2. The maximum Gasteiger partial charge on any atom is 0.255 e. The van der Waals surface area contributed by atoms with Gasteiger partial charge in [-0.2, -0.15) is 0 Å². The van der Waals surface area contributed by atoms with Crippen LogP contribution < -0.4 is 10.2 Å². The normalized spacial score (nSPS) is 10.1. The van der Waals surface area contributed by atoms with E-state index in [2.05, 4.69) is 10.3 Å². The molecule has 19 heavy (non-hydrogen) atoms. The van der Waals surface area contributed by atoms with Crippen molar-refractivity contribution in [2.75, 3.05) is 24.3 Å². The summed E-state index contributed by atoms with van der Waals surface area (Å²) >= 11 is 0. The molecule has 4 heteroatoms. The lowest BCUT2D eigenvalue weighted by atomic mass is 10.1. The van der Waals surface area contributed by atoms with E-state index in [1.54, 1.807) is 18.3 Å². The molecule has 0 fully saturated rings. The quantitative estimate of drug-likeness (QED) is 0.917. The molecule has 2 aromatic rings. The largest absolute Gasteiger partial charge is 0.378 e. The van der Waals surface area contributed by atoms with Crippen LogP contribution in [0.2, 0.25) is 0 Å². The predicted octanol–water partition coefficient (Wildman–Crippen LogP) is 2.71. The summed E-state index contributed by atoms with van der Waals surface area (Å²) in [5.41, 5.74) is 3.27. The molecule has 1 N–H and O–H groups in total. The zero-order chi connectivity index (χ0) is 13.8. The van der Waals surface area contributed by atoms with Gasteiger partial charge in [0.05, 0.1) is 0 Å². The number of pyridine rings is 1. The molecule has 0 saturated heterocycles. The molecule has 0 unspecified atom stereocenters. The minimum absolute atomic E-state index is 0.116. The molecule has 1 amide bonds. The molecule has 1 aromatic heterocycles. The van der Waals surface area contributed by atoms with Crippen LogP contribution in [0, 0.1) is 6.92 Å². The third-order valence-electron chi connectivity index (χ3n) is 2.78. The second-order valence-electron chi connectivity index (χ2n) is 4.58. The Hall–Kier alpha value is -2.36. The SMILES string of the molecule is Cc1cc(NC(=O)c2cccc(N(C)C)c2)ccn1. The van der Waals surface area contributed by atoms with E-state index in [0.717, 1.165) is 17.1 Å². The molecule has 98 valence electrons. The highest BCUT2D eigenvalue weighted by Crippen LogP contribution is 2.15. The van der Waals surface area contributed by atoms with Gasteiger partial charge >= 0.3 is 0 Å². The fourth-order valence-corrected chi connectivity index (χ4v) is 1.75. The highest BCUT2D eigenvalue weighted by molar-refractivity contribution is 6.04. The van der Waals surface area contributed by atoms with Gasteiger partial charge in [-0.3, -0.25) is 9.78 Å². The lowest BCUT2D eigenvalue weighted by molar-refractivity contribution is 0.102. The number of carbonyl (C=O) groups excluding carboxylic acids is 1. The van der Waals surface area contributed by atoms with Crippen LogP contribution in [0.3, 0.4) is 0 Å². The Balaban J connectivity index is 2.18. The number of benzene rings is 1. The first kappa shape index (κ1) is 13.1. The van der Waals surface area contributed by atoms with Crippen LogP contribution >= 0.6 is 0 Å². The average molecular weight is 255 g/mol. The minimum atomic E-state index is -0.116. The Morgan fingerprint density at radius 2 is 2.00 bits per heavy atom. The van der Waals surface area contributed by atoms with Gasteiger partial charge in [0, 0.05) is 42.9 Å². The smallest absolute Gasteiger partial charge is 0.255 e. The summed E-state index contributed by atoms with van der Waals surface area (Å²) in [4.78, 5) is 18.2. The number of anilines is 2. The number of rotatable bonds is 3. The Morgan fingerprint density at radius 3 is 2.68 bits per heavy atom. The molecule has 0 aliphatic rings. The van der Waals surface area contributed by atoms with Crippen molar-refractivity contribution in [3.05, 3.63) is 53.9 Å². The van der Waals surface area contributed by atoms with Crippen molar-refractivity contribution in [2.24, 2.45) is 0 Å². The fraction of sp³-hybridized carbons (Fsp3) is 0.200. The third-order valence-corrected chi connectivity index (χ3v) is 2.78. The third kappa shape index (κ3) is 3.31. The van der Waals surface area contributed by atoms with Crippen molar-refractivity contribution in [3.63, 3.8) is 0 Å². The van der Waals surface area contributed by atoms with Crippen LogP contribution in [0.15, 0.2) is 42.6 Å². The Morgan fingerprint density at radius 1 is 1.21 bits per heavy atom. The predicted molar refractivity (Wildman–Crippen MR) is 77.7 cm³/mol. The van der Waals surface area contributed by atoms with Crippen LogP contribution in [0.25, 0.3) is 0 Å². The van der Waals surface area contributed by atoms with E-state index in [1.165, 1.54) is 0 Å². The summed E-state index contributed by atoms with van der Waals surface area (Å²) in [7, 11) is 3.90. The van der Waals surface area contributed by atoms with Gasteiger partial charge in [0.25, 0.3) is 5.91 Å². The number of hydrogen-bond acceptors (Lipinski definition) is 3. The van der Waals surface area contributed by atoms with Gasteiger partial charge in [-0.25, -0.2) is 0 Å². The molecule has 1 heterocycles. The van der Waals surface area contributed by atoms with Gasteiger partial charge in [-0.15, -0.1) is 0 Å². The van der Waals surface area contributed by atoms with Crippen molar-refractivity contribution in [1.29, 1.82) is 0 Å². The minimum Gasteiger partial charge on any atom is -0.378 e. The van der Waals surface area contributed by atoms with E-state index >= 15 is 0 Å². The number of carbonyl (C=O) groups is 1. The summed E-state index contributed by atoms with van der Waals surface area (Å²) in [6.07, 6.45) is 1.68. The van der Waals surface area contributed by atoms with Crippen molar-refractivity contribution in [2.45, 2.75) is 6.92 Å². The summed E-state index contributed by atoms with van der Waals surface area (Å²) in [5, 5.41) is 2.87. The highest BCUT2D eigenvalue weighted by Gasteiger charge is 2.07. The first-order valence-corrected chi connectivity index (χ1v) is 6.07. The molecule has 4 nitrogen and oxygen atoms in total. The van der Waals surface area contributed by atoms with Gasteiger partial charge in [0.2, 0.25) is 0 Å². The number of nitrogens with one attached hydrogen (secondary N) is 1. The van der Waals surface area contributed by atoms with Crippen LogP contribution in [0.1, 0.15) is 16.1 Å². The zero-order valence-electron chi connectivity index (χ0n) is 11.3. The molecule has 0 radical (unpaired) electrons. The molecule has 0 aliphatic heterocycles. The number of aromatic nitrogens is 1.